The van der Waals surface area contributed by atoms with Crippen LogP contribution in [0.2, 0.25) is 0 Å². The molecule has 0 spiro atoms. The second kappa shape index (κ2) is 5.66. The van der Waals surface area contributed by atoms with E-state index >= 15 is 0 Å². The molecule has 2 fully saturated rings. The van der Waals surface area contributed by atoms with Gasteiger partial charge in [-0.05, 0) is 60.5 Å². The summed E-state index contributed by atoms with van der Waals surface area (Å²) in [6.07, 6.45) is 5.93. The number of fused-ring (bicyclic) bond motifs is 3. The highest BCUT2D eigenvalue weighted by Crippen LogP contribution is 2.49. The molecule has 0 amide bonds. The van der Waals surface area contributed by atoms with E-state index in [0.29, 0.717) is 11.5 Å². The molecule has 4 rings (SSSR count). The van der Waals surface area contributed by atoms with Gasteiger partial charge in [-0.3, -0.25) is 9.97 Å². The molecule has 2 bridgehead atoms. The molecule has 24 heavy (non-hydrogen) atoms. The number of likely N-dealkylation sites (tertiary alicyclic amines) is 1. The lowest BCUT2D eigenvalue weighted by molar-refractivity contribution is 0.107. The fraction of sp³-hybridized carbons (Fsp3) is 0.526. The largest absolute Gasteiger partial charge is 0.346 e. The van der Waals surface area contributed by atoms with Gasteiger partial charge in [-0.15, -0.1) is 0 Å². The number of nitrogens with zero attached hydrogens (tertiary/aromatic N) is 3. The number of nitrogens with one attached hydrogen (secondary N) is 1. The summed E-state index contributed by atoms with van der Waals surface area (Å²) in [4.78, 5) is 11.1. The van der Waals surface area contributed by atoms with Crippen LogP contribution in [-0.4, -0.2) is 32.6 Å². The van der Waals surface area contributed by atoms with Gasteiger partial charge in [0.25, 0.3) is 0 Å². The molecule has 2 aliphatic rings. The average molecular weight is 340 g/mol. The summed E-state index contributed by atoms with van der Waals surface area (Å²) in [6, 6.07) is 6.60. The summed E-state index contributed by atoms with van der Waals surface area (Å²) < 4.78 is 0. The average Bonchev–Trinajstić information content (AvgIpc) is 2.92. The molecule has 1 aliphatic carbocycles. The van der Waals surface area contributed by atoms with Crippen LogP contribution in [-0.2, 0) is 0 Å². The minimum Gasteiger partial charge on any atom is -0.346 e. The van der Waals surface area contributed by atoms with E-state index in [1.54, 1.807) is 12.4 Å². The molecule has 5 heteroatoms. The Bertz CT molecular complexity index is 788. The zero-order valence-electron chi connectivity index (χ0n) is 14.5. The van der Waals surface area contributed by atoms with E-state index in [1.165, 1.54) is 12.8 Å². The third-order valence-electron chi connectivity index (χ3n) is 6.13. The molecule has 1 N–H and O–H groups in total. The maximum atomic E-state index is 5.74. The maximum absolute atomic E-state index is 5.74. The van der Waals surface area contributed by atoms with Crippen molar-refractivity contribution in [2.45, 2.75) is 39.7 Å². The lowest BCUT2D eigenvalue weighted by atomic mass is 9.65. The second-order valence-corrected chi connectivity index (χ2v) is 8.36. The first-order valence-electron chi connectivity index (χ1n) is 8.72. The van der Waals surface area contributed by atoms with Crippen molar-refractivity contribution in [3.63, 3.8) is 0 Å². The van der Waals surface area contributed by atoms with Gasteiger partial charge in [0.2, 0.25) is 0 Å². The van der Waals surface area contributed by atoms with E-state index in [9.17, 15) is 0 Å². The molecule has 1 aromatic carbocycles. The number of hydrogen-bond acceptors (Lipinski definition) is 3. The van der Waals surface area contributed by atoms with Crippen LogP contribution in [0.4, 0.5) is 5.69 Å². The Balaban J connectivity index is 1.52. The van der Waals surface area contributed by atoms with Crippen LogP contribution in [0.5, 0.6) is 0 Å². The number of anilines is 1. The smallest absolute Gasteiger partial charge is 0.173 e. The third-order valence-corrected chi connectivity index (χ3v) is 6.47. The van der Waals surface area contributed by atoms with Gasteiger partial charge in [-0.2, -0.15) is 0 Å². The fourth-order valence-electron chi connectivity index (χ4n) is 4.43. The molecule has 2 aromatic rings. The van der Waals surface area contributed by atoms with Gasteiger partial charge >= 0.3 is 0 Å². The Morgan fingerprint density at radius 1 is 1.25 bits per heavy atom. The highest BCUT2D eigenvalue weighted by molar-refractivity contribution is 7.80. The SMILES string of the molecule is C[C@H]1[C@@H]2C[C@@H](CC1(C)C)N(C(=S)Nc1ccc3nccnc3c1)C2. The van der Waals surface area contributed by atoms with Gasteiger partial charge in [0, 0.05) is 30.7 Å². The molecule has 2 heterocycles. The van der Waals surface area contributed by atoms with Gasteiger partial charge in [-0.1, -0.05) is 20.8 Å². The predicted octanol–water partition coefficient (Wildman–Crippen LogP) is 4.08. The van der Waals surface area contributed by atoms with Crippen LogP contribution in [0.1, 0.15) is 33.6 Å². The third kappa shape index (κ3) is 2.65. The van der Waals surface area contributed by atoms with Gasteiger partial charge in [-0.25, -0.2) is 0 Å². The summed E-state index contributed by atoms with van der Waals surface area (Å²) in [5.41, 5.74) is 3.18. The number of benzene rings is 1. The van der Waals surface area contributed by atoms with Gasteiger partial charge < -0.3 is 10.2 Å². The molecule has 1 saturated heterocycles. The molecule has 0 unspecified atom stereocenters. The second-order valence-electron chi connectivity index (χ2n) is 7.97. The molecule has 0 radical (unpaired) electrons. The van der Waals surface area contributed by atoms with Crippen LogP contribution in [0.15, 0.2) is 30.6 Å². The van der Waals surface area contributed by atoms with Crippen LogP contribution >= 0.6 is 12.2 Å². The first-order chi connectivity index (χ1) is 11.4. The summed E-state index contributed by atoms with van der Waals surface area (Å²) in [5.74, 6) is 1.50. The minimum absolute atomic E-state index is 0.399. The highest BCUT2D eigenvalue weighted by atomic mass is 32.1. The molecular weight excluding hydrogens is 316 g/mol. The van der Waals surface area contributed by atoms with Crippen molar-refractivity contribution in [2.75, 3.05) is 11.9 Å². The van der Waals surface area contributed by atoms with Crippen molar-refractivity contribution >= 4 is 34.1 Å². The molecule has 1 aromatic heterocycles. The summed E-state index contributed by atoms with van der Waals surface area (Å²) in [7, 11) is 0. The maximum Gasteiger partial charge on any atom is 0.173 e. The standard InChI is InChI=1S/C19H24N4S/c1-12-13-8-15(10-19(12,2)3)23(11-13)18(24)22-14-4-5-16-17(9-14)21-7-6-20-16/h4-7,9,12-13,15H,8,10-11H2,1-3H3,(H,22,24)/t12-,13+,15-/m0/s1. The topological polar surface area (TPSA) is 41.0 Å². The zero-order chi connectivity index (χ0) is 16.9. The van der Waals surface area contributed by atoms with Crippen molar-refractivity contribution in [3.05, 3.63) is 30.6 Å². The van der Waals surface area contributed by atoms with E-state index in [4.69, 9.17) is 12.2 Å². The Morgan fingerprint density at radius 3 is 2.79 bits per heavy atom. The first-order valence-corrected chi connectivity index (χ1v) is 9.13. The molecule has 1 saturated carbocycles. The number of thiocarbonyl (C=S) groups is 1. The van der Waals surface area contributed by atoms with E-state index in [1.807, 2.05) is 18.2 Å². The Hall–Kier alpha value is -1.75. The van der Waals surface area contributed by atoms with E-state index in [2.05, 4.69) is 41.0 Å². The summed E-state index contributed by atoms with van der Waals surface area (Å²) in [6.45, 7) is 8.29. The number of aromatic nitrogens is 2. The van der Waals surface area contributed by atoms with Crippen LogP contribution in [0.3, 0.4) is 0 Å². The monoisotopic (exact) mass is 340 g/mol. The zero-order valence-corrected chi connectivity index (χ0v) is 15.3. The van der Waals surface area contributed by atoms with E-state index in [0.717, 1.165) is 40.2 Å². The van der Waals surface area contributed by atoms with Crippen LogP contribution in [0.25, 0.3) is 11.0 Å². The fourth-order valence-corrected chi connectivity index (χ4v) is 4.77. The van der Waals surface area contributed by atoms with Crippen molar-refractivity contribution < 1.29 is 0 Å². The predicted molar refractivity (Wildman–Crippen MR) is 102 cm³/mol. The van der Waals surface area contributed by atoms with Gasteiger partial charge in [0.15, 0.2) is 5.11 Å². The minimum atomic E-state index is 0.399. The number of rotatable bonds is 1. The van der Waals surface area contributed by atoms with E-state index in [-0.39, 0.29) is 0 Å². The summed E-state index contributed by atoms with van der Waals surface area (Å²) >= 11 is 5.74. The van der Waals surface area contributed by atoms with Gasteiger partial charge in [0.1, 0.15) is 0 Å². The molecule has 3 atom stereocenters. The Morgan fingerprint density at radius 2 is 2.00 bits per heavy atom. The normalized spacial score (nSPS) is 28.1. The van der Waals surface area contributed by atoms with E-state index < -0.39 is 0 Å². The van der Waals surface area contributed by atoms with Crippen molar-refractivity contribution in [2.24, 2.45) is 17.3 Å². The summed E-state index contributed by atoms with van der Waals surface area (Å²) in [5, 5.41) is 4.26. The highest BCUT2D eigenvalue weighted by Gasteiger charge is 2.48. The Labute approximate surface area is 148 Å². The molecule has 126 valence electrons. The molecule has 1 aliphatic heterocycles. The molecule has 4 nitrogen and oxygen atoms in total. The van der Waals surface area contributed by atoms with Crippen LogP contribution < -0.4 is 5.32 Å². The lowest BCUT2D eigenvalue weighted by Gasteiger charge is -2.41. The van der Waals surface area contributed by atoms with Crippen LogP contribution in [0, 0.1) is 17.3 Å². The van der Waals surface area contributed by atoms with Crippen molar-refractivity contribution in [1.29, 1.82) is 0 Å². The van der Waals surface area contributed by atoms with Crippen molar-refractivity contribution in [3.8, 4) is 0 Å². The number of hydrogen-bond donors (Lipinski definition) is 1. The van der Waals surface area contributed by atoms with Crippen molar-refractivity contribution in [1.82, 2.24) is 14.9 Å². The first kappa shape index (κ1) is 15.8. The lowest BCUT2D eigenvalue weighted by Crippen LogP contribution is -2.41. The Kier molecular flexibility index (Phi) is 3.71. The van der Waals surface area contributed by atoms with Gasteiger partial charge in [0.05, 0.1) is 11.0 Å². The molecular formula is C19H24N4S. The quantitative estimate of drug-likeness (QED) is 0.792.